The van der Waals surface area contributed by atoms with Crippen LogP contribution in [0.4, 0.5) is 24.5 Å². The quantitative estimate of drug-likeness (QED) is 0.307. The number of benzene rings is 3. The molecule has 3 aromatic rings. The van der Waals surface area contributed by atoms with Crippen molar-refractivity contribution in [3.63, 3.8) is 0 Å². The summed E-state index contributed by atoms with van der Waals surface area (Å²) >= 11 is 13.2. The van der Waals surface area contributed by atoms with Crippen LogP contribution in [0.3, 0.4) is 0 Å². The molecule has 35 heavy (non-hydrogen) atoms. The average Bonchev–Trinajstić information content (AvgIpc) is 3.06. The predicted octanol–water partition coefficient (Wildman–Crippen LogP) is 7.42. The van der Waals surface area contributed by atoms with E-state index in [0.29, 0.717) is 33.1 Å². The van der Waals surface area contributed by atoms with Gasteiger partial charge in [0.2, 0.25) is 0 Å². The van der Waals surface area contributed by atoms with Crippen molar-refractivity contribution in [1.29, 1.82) is 0 Å². The summed E-state index contributed by atoms with van der Waals surface area (Å²) in [4.78, 5) is 30.3. The fraction of sp³-hybridized carbons (Fsp3) is 0.120. The third-order valence-electron chi connectivity index (χ3n) is 5.22. The standard InChI is InChI=1S/C25H17Cl2F3N2O2S/c1-2-31(17-6-4-3-5-7-17)21-22(35-18-11-9-16(26)10-12-18)24(34)32(23(21)33)20-14-15(25(28,29)30)8-13-19(20)27/h3-14H,2H2,1H3. The van der Waals surface area contributed by atoms with E-state index in [-0.39, 0.29) is 21.3 Å². The Morgan fingerprint density at radius 3 is 2.17 bits per heavy atom. The highest BCUT2D eigenvalue weighted by atomic mass is 35.5. The molecule has 3 aromatic carbocycles. The zero-order chi connectivity index (χ0) is 25.3. The number of amides is 2. The Labute approximate surface area is 213 Å². The van der Waals surface area contributed by atoms with E-state index in [1.165, 1.54) is 0 Å². The minimum absolute atomic E-state index is 0.0529. The van der Waals surface area contributed by atoms with Gasteiger partial charge < -0.3 is 4.90 Å². The van der Waals surface area contributed by atoms with E-state index in [1.807, 2.05) is 13.0 Å². The second-order valence-electron chi connectivity index (χ2n) is 7.42. The number of nitrogens with zero attached hydrogens (tertiary/aromatic N) is 2. The minimum Gasteiger partial charge on any atom is -0.336 e. The van der Waals surface area contributed by atoms with Crippen LogP contribution in [-0.2, 0) is 15.8 Å². The first kappa shape index (κ1) is 25.2. The third kappa shape index (κ3) is 5.05. The van der Waals surface area contributed by atoms with Gasteiger partial charge in [0.05, 0.1) is 16.3 Å². The summed E-state index contributed by atoms with van der Waals surface area (Å²) in [6, 6.07) is 18.1. The number of thioether (sulfide) groups is 1. The van der Waals surface area contributed by atoms with Gasteiger partial charge in [-0.2, -0.15) is 13.2 Å². The molecule has 0 aromatic heterocycles. The van der Waals surface area contributed by atoms with Crippen molar-refractivity contribution >= 4 is 58.2 Å². The topological polar surface area (TPSA) is 40.6 Å². The fourth-order valence-electron chi connectivity index (χ4n) is 3.61. The molecule has 0 N–H and O–H groups in total. The minimum atomic E-state index is -4.68. The molecule has 0 radical (unpaired) electrons. The Morgan fingerprint density at radius 2 is 1.57 bits per heavy atom. The summed E-state index contributed by atoms with van der Waals surface area (Å²) in [7, 11) is 0. The van der Waals surface area contributed by atoms with Gasteiger partial charge in [-0.3, -0.25) is 9.59 Å². The first-order valence-electron chi connectivity index (χ1n) is 10.4. The Morgan fingerprint density at radius 1 is 0.914 bits per heavy atom. The molecule has 0 atom stereocenters. The van der Waals surface area contributed by atoms with E-state index in [1.54, 1.807) is 53.4 Å². The highest BCUT2D eigenvalue weighted by Crippen LogP contribution is 2.43. The number of rotatable bonds is 6. The lowest BCUT2D eigenvalue weighted by Crippen LogP contribution is -2.35. The number of para-hydroxylation sites is 1. The molecule has 2 amide bonds. The number of alkyl halides is 3. The van der Waals surface area contributed by atoms with E-state index < -0.39 is 23.6 Å². The van der Waals surface area contributed by atoms with Gasteiger partial charge in [-0.05, 0) is 61.5 Å². The van der Waals surface area contributed by atoms with Gasteiger partial charge in [0, 0.05) is 22.2 Å². The van der Waals surface area contributed by atoms with E-state index in [2.05, 4.69) is 0 Å². The summed E-state index contributed by atoms with van der Waals surface area (Å²) in [5.41, 5.74) is -0.646. The molecule has 0 fully saturated rings. The number of likely N-dealkylation sites (N-methyl/N-ethyl adjacent to an activating group) is 1. The van der Waals surface area contributed by atoms with Crippen LogP contribution in [-0.4, -0.2) is 18.4 Å². The molecule has 0 bridgehead atoms. The molecule has 1 aliphatic heterocycles. The molecule has 0 aliphatic carbocycles. The van der Waals surface area contributed by atoms with Crippen molar-refractivity contribution in [3.8, 4) is 0 Å². The van der Waals surface area contributed by atoms with Gasteiger partial charge in [-0.15, -0.1) is 0 Å². The molecular weight excluding hydrogens is 520 g/mol. The maximum atomic E-state index is 13.7. The van der Waals surface area contributed by atoms with Crippen LogP contribution in [0.1, 0.15) is 12.5 Å². The first-order chi connectivity index (χ1) is 16.6. The normalized spacial score (nSPS) is 14.2. The van der Waals surface area contributed by atoms with E-state index >= 15 is 0 Å². The van der Waals surface area contributed by atoms with Crippen molar-refractivity contribution in [2.75, 3.05) is 16.3 Å². The SMILES string of the molecule is CCN(C1=C(Sc2ccc(Cl)cc2)C(=O)N(c2cc(C(F)(F)F)ccc2Cl)C1=O)c1ccccc1. The van der Waals surface area contributed by atoms with Gasteiger partial charge >= 0.3 is 6.18 Å². The molecule has 1 heterocycles. The maximum absolute atomic E-state index is 13.7. The van der Waals surface area contributed by atoms with Crippen LogP contribution in [0.15, 0.2) is 88.3 Å². The zero-order valence-corrected chi connectivity index (χ0v) is 20.5. The number of hydrogen-bond donors (Lipinski definition) is 0. The Bertz CT molecular complexity index is 1310. The smallest absolute Gasteiger partial charge is 0.336 e. The van der Waals surface area contributed by atoms with Crippen molar-refractivity contribution in [2.24, 2.45) is 0 Å². The summed E-state index contributed by atoms with van der Waals surface area (Å²) < 4.78 is 40.2. The molecule has 10 heteroatoms. The molecule has 0 unspecified atom stereocenters. The summed E-state index contributed by atoms with van der Waals surface area (Å²) in [6.07, 6.45) is -4.68. The van der Waals surface area contributed by atoms with Gasteiger partial charge in [0.15, 0.2) is 0 Å². The van der Waals surface area contributed by atoms with Crippen molar-refractivity contribution < 1.29 is 22.8 Å². The van der Waals surface area contributed by atoms with Crippen LogP contribution in [0.25, 0.3) is 0 Å². The average molecular weight is 537 g/mol. The molecule has 0 spiro atoms. The molecule has 0 saturated carbocycles. The van der Waals surface area contributed by atoms with Gasteiger partial charge in [-0.1, -0.05) is 53.2 Å². The molecule has 180 valence electrons. The monoisotopic (exact) mass is 536 g/mol. The van der Waals surface area contributed by atoms with Crippen LogP contribution >= 0.6 is 35.0 Å². The number of imide groups is 1. The summed E-state index contributed by atoms with van der Waals surface area (Å²) in [5.74, 6) is -1.53. The van der Waals surface area contributed by atoms with Crippen molar-refractivity contribution in [3.05, 3.63) is 99.0 Å². The number of halogens is 5. The summed E-state index contributed by atoms with van der Waals surface area (Å²) in [6.45, 7) is 2.13. The Balaban J connectivity index is 1.86. The fourth-order valence-corrected chi connectivity index (χ4v) is 4.91. The second kappa shape index (κ2) is 9.97. The number of carbonyl (C=O) groups is 2. The zero-order valence-electron chi connectivity index (χ0n) is 18.1. The van der Waals surface area contributed by atoms with Crippen LogP contribution in [0.5, 0.6) is 0 Å². The third-order valence-corrected chi connectivity index (χ3v) is 6.87. The van der Waals surface area contributed by atoms with Gasteiger partial charge in [0.1, 0.15) is 10.6 Å². The molecule has 0 saturated heterocycles. The lowest BCUT2D eigenvalue weighted by molar-refractivity contribution is -0.137. The van der Waals surface area contributed by atoms with Gasteiger partial charge in [-0.25, -0.2) is 4.90 Å². The lowest BCUT2D eigenvalue weighted by Gasteiger charge is -2.25. The first-order valence-corrected chi connectivity index (χ1v) is 11.9. The van der Waals surface area contributed by atoms with E-state index in [9.17, 15) is 22.8 Å². The number of hydrogen-bond acceptors (Lipinski definition) is 4. The maximum Gasteiger partial charge on any atom is 0.416 e. The molecular formula is C25H17Cl2F3N2O2S. The Kier molecular flexibility index (Phi) is 7.17. The Hall–Kier alpha value is -2.94. The van der Waals surface area contributed by atoms with Crippen molar-refractivity contribution in [1.82, 2.24) is 0 Å². The largest absolute Gasteiger partial charge is 0.416 e. The highest BCUT2D eigenvalue weighted by molar-refractivity contribution is 8.04. The number of carbonyl (C=O) groups excluding carboxylic acids is 2. The predicted molar refractivity (Wildman–Crippen MR) is 133 cm³/mol. The lowest BCUT2D eigenvalue weighted by atomic mass is 10.1. The number of anilines is 2. The highest BCUT2D eigenvalue weighted by Gasteiger charge is 2.44. The van der Waals surface area contributed by atoms with E-state index in [4.69, 9.17) is 23.2 Å². The molecule has 1 aliphatic rings. The van der Waals surface area contributed by atoms with Crippen molar-refractivity contribution in [2.45, 2.75) is 18.0 Å². The summed E-state index contributed by atoms with van der Waals surface area (Å²) in [5, 5.41) is 0.341. The van der Waals surface area contributed by atoms with E-state index in [0.717, 1.165) is 23.9 Å². The van der Waals surface area contributed by atoms with Crippen LogP contribution in [0.2, 0.25) is 10.0 Å². The second-order valence-corrected chi connectivity index (χ2v) is 9.35. The molecule has 4 rings (SSSR count). The van der Waals surface area contributed by atoms with Crippen LogP contribution in [0, 0.1) is 0 Å². The van der Waals surface area contributed by atoms with Gasteiger partial charge in [0.25, 0.3) is 11.8 Å². The van der Waals surface area contributed by atoms with Crippen LogP contribution < -0.4 is 9.80 Å². The molecule has 4 nitrogen and oxygen atoms in total.